The minimum atomic E-state index is 0.370. The van der Waals surface area contributed by atoms with E-state index in [1.54, 1.807) is 0 Å². The van der Waals surface area contributed by atoms with Gasteiger partial charge in [-0.05, 0) is 37.3 Å². The fourth-order valence-electron chi connectivity index (χ4n) is 3.07. The van der Waals surface area contributed by atoms with Gasteiger partial charge in [-0.3, -0.25) is 0 Å². The topological polar surface area (TPSA) is 30.7 Å². The summed E-state index contributed by atoms with van der Waals surface area (Å²) in [6, 6.07) is 8.70. The highest BCUT2D eigenvalue weighted by Gasteiger charge is 2.26. The van der Waals surface area contributed by atoms with Gasteiger partial charge in [0.05, 0.1) is 5.88 Å². The summed E-state index contributed by atoms with van der Waals surface area (Å²) in [4.78, 5) is 0. The van der Waals surface area contributed by atoms with Crippen molar-refractivity contribution in [2.24, 2.45) is 0 Å². The van der Waals surface area contributed by atoms with E-state index in [4.69, 9.17) is 11.6 Å². The first-order valence-corrected chi connectivity index (χ1v) is 7.44. The zero-order valence-electron chi connectivity index (χ0n) is 11.1. The summed E-state index contributed by atoms with van der Waals surface area (Å²) in [6.07, 6.45) is 3.54. The number of aryl methyl sites for hydroxylation is 1. The van der Waals surface area contributed by atoms with Gasteiger partial charge in [0.15, 0.2) is 0 Å². The molecular formula is C15H18ClN3. The Hall–Kier alpha value is -1.35. The molecule has 1 atom stereocenters. The predicted octanol–water partition coefficient (Wildman–Crippen LogP) is 3.51. The number of fused-ring (bicyclic) bond motifs is 1. The molecular weight excluding hydrogens is 258 g/mol. The summed E-state index contributed by atoms with van der Waals surface area (Å²) in [6.45, 7) is 3.00. The van der Waals surface area contributed by atoms with Gasteiger partial charge in [0, 0.05) is 12.5 Å². The number of benzene rings is 1. The van der Waals surface area contributed by atoms with Crippen LogP contribution in [0.4, 0.5) is 0 Å². The van der Waals surface area contributed by atoms with E-state index in [-0.39, 0.29) is 0 Å². The van der Waals surface area contributed by atoms with E-state index in [0.717, 1.165) is 24.6 Å². The molecule has 0 radical (unpaired) electrons. The number of halogens is 1. The van der Waals surface area contributed by atoms with Crippen LogP contribution in [-0.2, 0) is 18.8 Å². The van der Waals surface area contributed by atoms with Gasteiger partial charge in [0.2, 0.25) is 0 Å². The second-order valence-electron chi connectivity index (χ2n) is 5.00. The number of rotatable bonds is 3. The van der Waals surface area contributed by atoms with Crippen molar-refractivity contribution in [3.05, 3.63) is 47.0 Å². The van der Waals surface area contributed by atoms with Crippen molar-refractivity contribution in [3.8, 4) is 0 Å². The smallest absolute Gasteiger partial charge is 0.147 e. The molecule has 0 fully saturated rings. The average Bonchev–Trinajstić information content (AvgIpc) is 2.89. The van der Waals surface area contributed by atoms with Crippen LogP contribution in [-0.4, -0.2) is 14.8 Å². The van der Waals surface area contributed by atoms with Crippen LogP contribution in [0.2, 0.25) is 0 Å². The molecule has 0 amide bonds. The predicted molar refractivity (Wildman–Crippen MR) is 76.5 cm³/mol. The van der Waals surface area contributed by atoms with E-state index in [1.807, 2.05) is 0 Å². The van der Waals surface area contributed by atoms with Gasteiger partial charge in [-0.15, -0.1) is 21.8 Å². The quantitative estimate of drug-likeness (QED) is 0.803. The van der Waals surface area contributed by atoms with E-state index in [0.29, 0.717) is 11.8 Å². The van der Waals surface area contributed by atoms with E-state index in [9.17, 15) is 0 Å². The third kappa shape index (κ3) is 2.16. The number of aromatic nitrogens is 3. The van der Waals surface area contributed by atoms with Crippen LogP contribution in [0.15, 0.2) is 24.3 Å². The minimum absolute atomic E-state index is 0.370. The highest BCUT2D eigenvalue weighted by atomic mass is 35.5. The summed E-state index contributed by atoms with van der Waals surface area (Å²) in [5.41, 5.74) is 2.87. The van der Waals surface area contributed by atoms with Crippen molar-refractivity contribution >= 4 is 11.6 Å². The van der Waals surface area contributed by atoms with E-state index >= 15 is 0 Å². The molecule has 0 aliphatic heterocycles. The molecule has 0 bridgehead atoms. The molecule has 1 aromatic heterocycles. The van der Waals surface area contributed by atoms with Crippen LogP contribution in [0.1, 0.15) is 48.5 Å². The molecule has 4 heteroatoms. The summed E-state index contributed by atoms with van der Waals surface area (Å²) >= 11 is 5.94. The molecule has 0 saturated carbocycles. The van der Waals surface area contributed by atoms with Crippen LogP contribution in [0.25, 0.3) is 0 Å². The van der Waals surface area contributed by atoms with Gasteiger partial charge in [-0.1, -0.05) is 24.3 Å². The fraction of sp³-hybridized carbons (Fsp3) is 0.467. The lowest BCUT2D eigenvalue weighted by Crippen LogP contribution is -2.16. The Labute approximate surface area is 118 Å². The third-order valence-corrected chi connectivity index (χ3v) is 4.21. The molecule has 1 aliphatic rings. The monoisotopic (exact) mass is 275 g/mol. The summed E-state index contributed by atoms with van der Waals surface area (Å²) in [5, 5.41) is 8.64. The lowest BCUT2D eigenvalue weighted by atomic mass is 9.82. The summed E-state index contributed by atoms with van der Waals surface area (Å²) in [7, 11) is 0. The molecule has 3 rings (SSSR count). The molecule has 19 heavy (non-hydrogen) atoms. The summed E-state index contributed by atoms with van der Waals surface area (Å²) in [5.74, 6) is 2.75. The molecule has 1 unspecified atom stereocenters. The maximum Gasteiger partial charge on any atom is 0.147 e. The highest BCUT2D eigenvalue weighted by Crippen LogP contribution is 2.35. The van der Waals surface area contributed by atoms with Crippen molar-refractivity contribution in [2.75, 3.05) is 0 Å². The van der Waals surface area contributed by atoms with Crippen LogP contribution < -0.4 is 0 Å². The molecule has 3 nitrogen and oxygen atoms in total. The Morgan fingerprint density at radius 1 is 1.32 bits per heavy atom. The fourth-order valence-corrected chi connectivity index (χ4v) is 3.27. The zero-order valence-corrected chi connectivity index (χ0v) is 11.9. The second kappa shape index (κ2) is 5.33. The lowest BCUT2D eigenvalue weighted by Gasteiger charge is -2.25. The highest BCUT2D eigenvalue weighted by molar-refractivity contribution is 6.16. The van der Waals surface area contributed by atoms with Crippen molar-refractivity contribution in [1.82, 2.24) is 14.8 Å². The Balaban J connectivity index is 2.06. The van der Waals surface area contributed by atoms with Crippen LogP contribution in [0.3, 0.4) is 0 Å². The number of hydrogen-bond acceptors (Lipinski definition) is 2. The normalized spacial score (nSPS) is 18.3. The Bertz CT molecular complexity index is 577. The molecule has 0 N–H and O–H groups in total. The first kappa shape index (κ1) is 12.7. The van der Waals surface area contributed by atoms with E-state index in [2.05, 4.69) is 46.0 Å². The maximum absolute atomic E-state index is 5.94. The number of nitrogens with zero attached hydrogens (tertiary/aromatic N) is 3. The number of alkyl halides is 1. The Morgan fingerprint density at radius 3 is 2.95 bits per heavy atom. The molecule has 0 saturated heterocycles. The van der Waals surface area contributed by atoms with Gasteiger partial charge in [-0.25, -0.2) is 0 Å². The van der Waals surface area contributed by atoms with Gasteiger partial charge in [0.25, 0.3) is 0 Å². The van der Waals surface area contributed by atoms with Crippen LogP contribution in [0.5, 0.6) is 0 Å². The zero-order chi connectivity index (χ0) is 13.2. The summed E-state index contributed by atoms with van der Waals surface area (Å²) < 4.78 is 2.17. The molecule has 0 spiro atoms. The van der Waals surface area contributed by atoms with Crippen molar-refractivity contribution < 1.29 is 0 Å². The Morgan fingerprint density at radius 2 is 2.16 bits per heavy atom. The molecule has 1 aliphatic carbocycles. The van der Waals surface area contributed by atoms with E-state index in [1.165, 1.54) is 24.0 Å². The van der Waals surface area contributed by atoms with Crippen LogP contribution in [0, 0.1) is 0 Å². The molecule has 1 aromatic carbocycles. The average molecular weight is 276 g/mol. The SMILES string of the molecule is CCn1c(CCl)nnc1C1CCCc2ccccc21. The standard InChI is InChI=1S/C15H18ClN3/c1-2-19-14(10-16)17-18-15(19)13-9-5-7-11-6-3-4-8-12(11)13/h3-4,6,8,13H,2,5,7,9-10H2,1H3. The van der Waals surface area contributed by atoms with Gasteiger partial charge in [-0.2, -0.15) is 0 Å². The van der Waals surface area contributed by atoms with Gasteiger partial charge >= 0.3 is 0 Å². The van der Waals surface area contributed by atoms with Gasteiger partial charge in [0.1, 0.15) is 11.6 Å². The maximum atomic E-state index is 5.94. The van der Waals surface area contributed by atoms with Crippen LogP contribution >= 0.6 is 11.6 Å². The molecule has 1 heterocycles. The van der Waals surface area contributed by atoms with E-state index < -0.39 is 0 Å². The lowest BCUT2D eigenvalue weighted by molar-refractivity contribution is 0.553. The van der Waals surface area contributed by atoms with Crippen molar-refractivity contribution in [3.63, 3.8) is 0 Å². The minimum Gasteiger partial charge on any atom is -0.314 e. The van der Waals surface area contributed by atoms with Gasteiger partial charge < -0.3 is 4.57 Å². The molecule has 2 aromatic rings. The largest absolute Gasteiger partial charge is 0.314 e. The second-order valence-corrected chi connectivity index (χ2v) is 5.26. The Kier molecular flexibility index (Phi) is 3.56. The molecule has 100 valence electrons. The first-order valence-electron chi connectivity index (χ1n) is 6.91. The van der Waals surface area contributed by atoms with Crippen molar-refractivity contribution in [2.45, 2.75) is 44.5 Å². The first-order chi connectivity index (χ1) is 9.35. The van der Waals surface area contributed by atoms with Crippen molar-refractivity contribution in [1.29, 1.82) is 0 Å². The number of hydrogen-bond donors (Lipinski definition) is 0. The third-order valence-electron chi connectivity index (χ3n) is 3.97.